The standard InChI is InChI=1S/C15H14ClNO4S/c1-21-10-11-5-2-3-8-14(11)15(18)17-22(19,20)13-7-4-6-12(16)9-13/h2-9H,10H2,1H3,(H,17,18). The van der Waals surface area contributed by atoms with Gasteiger partial charge in [0, 0.05) is 17.7 Å². The number of ether oxygens (including phenoxy) is 1. The fourth-order valence-electron chi connectivity index (χ4n) is 1.89. The van der Waals surface area contributed by atoms with Crippen LogP contribution in [-0.4, -0.2) is 21.4 Å². The fraction of sp³-hybridized carbons (Fsp3) is 0.133. The highest BCUT2D eigenvalue weighted by Gasteiger charge is 2.20. The maximum absolute atomic E-state index is 12.2. The molecule has 2 aromatic rings. The maximum atomic E-state index is 12.2. The lowest BCUT2D eigenvalue weighted by atomic mass is 10.1. The second kappa shape index (κ2) is 6.91. The van der Waals surface area contributed by atoms with Gasteiger partial charge in [0.25, 0.3) is 15.9 Å². The Morgan fingerprint density at radius 3 is 2.59 bits per heavy atom. The third-order valence-electron chi connectivity index (χ3n) is 2.90. The number of sulfonamides is 1. The Balaban J connectivity index is 2.29. The lowest BCUT2D eigenvalue weighted by Gasteiger charge is -2.10. The van der Waals surface area contributed by atoms with E-state index in [1.807, 2.05) is 4.72 Å². The molecular formula is C15H14ClNO4S. The zero-order chi connectivity index (χ0) is 16.2. The summed E-state index contributed by atoms with van der Waals surface area (Å²) in [6, 6.07) is 12.3. The van der Waals surface area contributed by atoms with Gasteiger partial charge in [0.15, 0.2) is 0 Å². The van der Waals surface area contributed by atoms with Gasteiger partial charge in [-0.15, -0.1) is 0 Å². The zero-order valence-electron chi connectivity index (χ0n) is 11.7. The van der Waals surface area contributed by atoms with E-state index in [-0.39, 0.29) is 22.1 Å². The quantitative estimate of drug-likeness (QED) is 0.908. The third-order valence-corrected chi connectivity index (χ3v) is 4.46. The minimum Gasteiger partial charge on any atom is -0.380 e. The van der Waals surface area contributed by atoms with E-state index in [9.17, 15) is 13.2 Å². The van der Waals surface area contributed by atoms with Gasteiger partial charge in [-0.1, -0.05) is 35.9 Å². The molecule has 0 spiro atoms. The van der Waals surface area contributed by atoms with E-state index in [1.165, 1.54) is 31.4 Å². The van der Waals surface area contributed by atoms with Crippen LogP contribution in [0.1, 0.15) is 15.9 Å². The number of methoxy groups -OCH3 is 1. The Morgan fingerprint density at radius 2 is 1.91 bits per heavy atom. The van der Waals surface area contributed by atoms with Crippen LogP contribution in [0.25, 0.3) is 0 Å². The number of carbonyl (C=O) groups is 1. The average molecular weight is 340 g/mol. The van der Waals surface area contributed by atoms with E-state index in [2.05, 4.69) is 0 Å². The van der Waals surface area contributed by atoms with Crippen LogP contribution in [0.15, 0.2) is 53.4 Å². The predicted molar refractivity (Wildman–Crippen MR) is 83.3 cm³/mol. The summed E-state index contributed by atoms with van der Waals surface area (Å²) in [6.07, 6.45) is 0. The van der Waals surface area contributed by atoms with Crippen molar-refractivity contribution in [3.63, 3.8) is 0 Å². The van der Waals surface area contributed by atoms with Crippen molar-refractivity contribution in [3.8, 4) is 0 Å². The second-order valence-corrected chi connectivity index (χ2v) is 6.60. The monoisotopic (exact) mass is 339 g/mol. The molecule has 2 rings (SSSR count). The molecule has 22 heavy (non-hydrogen) atoms. The topological polar surface area (TPSA) is 72.5 Å². The Labute approximate surface area is 133 Å². The van der Waals surface area contributed by atoms with Gasteiger partial charge in [-0.25, -0.2) is 13.1 Å². The molecule has 2 aromatic carbocycles. The Kier molecular flexibility index (Phi) is 5.18. The molecule has 0 atom stereocenters. The number of halogens is 1. The molecule has 1 N–H and O–H groups in total. The lowest BCUT2D eigenvalue weighted by molar-refractivity contribution is 0.0976. The van der Waals surface area contributed by atoms with Crippen LogP contribution in [-0.2, 0) is 21.4 Å². The van der Waals surface area contributed by atoms with E-state index in [4.69, 9.17) is 16.3 Å². The van der Waals surface area contributed by atoms with Crippen molar-refractivity contribution in [2.24, 2.45) is 0 Å². The van der Waals surface area contributed by atoms with E-state index in [1.54, 1.807) is 24.3 Å². The molecule has 0 aliphatic rings. The third kappa shape index (κ3) is 3.85. The number of amides is 1. The van der Waals surface area contributed by atoms with Gasteiger partial charge < -0.3 is 4.74 Å². The number of benzene rings is 2. The van der Waals surface area contributed by atoms with E-state index in [0.717, 1.165) is 0 Å². The first-order valence-electron chi connectivity index (χ1n) is 6.33. The SMILES string of the molecule is COCc1ccccc1C(=O)NS(=O)(=O)c1cccc(Cl)c1. The molecule has 5 nitrogen and oxygen atoms in total. The predicted octanol–water partition coefficient (Wildman–Crippen LogP) is 2.61. The van der Waals surface area contributed by atoms with Crippen molar-refractivity contribution in [2.75, 3.05) is 7.11 Å². The van der Waals surface area contributed by atoms with Crippen molar-refractivity contribution in [1.29, 1.82) is 0 Å². The van der Waals surface area contributed by atoms with Gasteiger partial charge in [-0.2, -0.15) is 0 Å². The molecule has 0 saturated heterocycles. The lowest BCUT2D eigenvalue weighted by Crippen LogP contribution is -2.31. The van der Waals surface area contributed by atoms with Gasteiger partial charge in [0.05, 0.1) is 11.5 Å². The van der Waals surface area contributed by atoms with Crippen LogP contribution in [0, 0.1) is 0 Å². The normalized spacial score (nSPS) is 11.2. The summed E-state index contributed by atoms with van der Waals surface area (Å²) in [7, 11) is -2.49. The molecule has 0 aliphatic carbocycles. The molecular weight excluding hydrogens is 326 g/mol. The maximum Gasteiger partial charge on any atom is 0.265 e. The molecule has 116 valence electrons. The van der Waals surface area contributed by atoms with Crippen LogP contribution >= 0.6 is 11.6 Å². The van der Waals surface area contributed by atoms with Crippen LogP contribution in [0.4, 0.5) is 0 Å². The van der Waals surface area contributed by atoms with Crippen LogP contribution in [0.2, 0.25) is 5.02 Å². The van der Waals surface area contributed by atoms with Crippen molar-refractivity contribution in [3.05, 3.63) is 64.7 Å². The fourth-order valence-corrected chi connectivity index (χ4v) is 3.16. The summed E-state index contributed by atoms with van der Waals surface area (Å²) in [5, 5.41) is 0.273. The molecule has 0 fully saturated rings. The minimum absolute atomic E-state index is 0.0717. The second-order valence-electron chi connectivity index (χ2n) is 4.48. The summed E-state index contributed by atoms with van der Waals surface area (Å²) in [5.41, 5.74) is 0.846. The molecule has 1 amide bonds. The minimum atomic E-state index is -3.99. The first-order valence-corrected chi connectivity index (χ1v) is 8.20. The highest BCUT2D eigenvalue weighted by Crippen LogP contribution is 2.16. The van der Waals surface area contributed by atoms with Crippen molar-refractivity contribution >= 4 is 27.5 Å². The van der Waals surface area contributed by atoms with Gasteiger partial charge in [-0.05, 0) is 29.8 Å². The molecule has 0 heterocycles. The molecule has 0 aromatic heterocycles. The summed E-state index contributed by atoms with van der Waals surface area (Å²) in [6.45, 7) is 0.209. The Hall–Kier alpha value is -1.89. The van der Waals surface area contributed by atoms with Crippen molar-refractivity contribution < 1.29 is 17.9 Å². The largest absolute Gasteiger partial charge is 0.380 e. The van der Waals surface area contributed by atoms with Crippen LogP contribution in [0.3, 0.4) is 0 Å². The van der Waals surface area contributed by atoms with Crippen LogP contribution in [0.5, 0.6) is 0 Å². The van der Waals surface area contributed by atoms with Gasteiger partial charge in [0.1, 0.15) is 0 Å². The molecule has 0 unspecified atom stereocenters. The highest BCUT2D eigenvalue weighted by molar-refractivity contribution is 7.90. The molecule has 0 radical (unpaired) electrons. The molecule has 7 heteroatoms. The molecule has 0 saturated carbocycles. The number of carbonyl (C=O) groups excluding carboxylic acids is 1. The number of nitrogens with one attached hydrogen (secondary N) is 1. The summed E-state index contributed by atoms with van der Waals surface area (Å²) in [5.74, 6) is -0.715. The van der Waals surface area contributed by atoms with E-state index >= 15 is 0 Å². The van der Waals surface area contributed by atoms with E-state index < -0.39 is 15.9 Å². The summed E-state index contributed by atoms with van der Waals surface area (Å²) < 4.78 is 31.5. The highest BCUT2D eigenvalue weighted by atomic mass is 35.5. The smallest absolute Gasteiger partial charge is 0.265 e. The van der Waals surface area contributed by atoms with Gasteiger partial charge >= 0.3 is 0 Å². The first kappa shape index (κ1) is 16.5. The number of rotatable bonds is 5. The van der Waals surface area contributed by atoms with Crippen molar-refractivity contribution in [2.45, 2.75) is 11.5 Å². The summed E-state index contributed by atoms with van der Waals surface area (Å²) >= 11 is 5.78. The zero-order valence-corrected chi connectivity index (χ0v) is 13.3. The summed E-state index contributed by atoms with van der Waals surface area (Å²) in [4.78, 5) is 12.2. The Bertz CT molecular complexity index is 790. The first-order chi connectivity index (χ1) is 10.4. The van der Waals surface area contributed by atoms with E-state index in [0.29, 0.717) is 5.56 Å². The number of hydrogen-bond acceptors (Lipinski definition) is 4. The molecule has 0 aliphatic heterocycles. The van der Waals surface area contributed by atoms with Crippen LogP contribution < -0.4 is 4.72 Å². The Morgan fingerprint density at radius 1 is 1.18 bits per heavy atom. The number of hydrogen-bond donors (Lipinski definition) is 1. The van der Waals surface area contributed by atoms with Gasteiger partial charge in [-0.3, -0.25) is 4.79 Å². The average Bonchev–Trinajstić information content (AvgIpc) is 2.47. The molecule has 0 bridgehead atoms. The van der Waals surface area contributed by atoms with Crippen molar-refractivity contribution in [1.82, 2.24) is 4.72 Å². The van der Waals surface area contributed by atoms with Gasteiger partial charge in [0.2, 0.25) is 0 Å².